The maximum Gasteiger partial charge on any atom is 0.287 e. The van der Waals surface area contributed by atoms with E-state index in [1.54, 1.807) is 25.1 Å². The van der Waals surface area contributed by atoms with Gasteiger partial charge in [-0.05, 0) is 13.0 Å². The average molecular weight is 233 g/mol. The van der Waals surface area contributed by atoms with Gasteiger partial charge in [0.15, 0.2) is 17.2 Å². The maximum absolute atomic E-state index is 13.5. The summed E-state index contributed by atoms with van der Waals surface area (Å²) in [5.41, 5.74) is 0.759. The Morgan fingerprint density at radius 1 is 1.59 bits per heavy atom. The Kier molecular flexibility index (Phi) is 2.95. The minimum atomic E-state index is -0.464. The van der Waals surface area contributed by atoms with E-state index in [0.717, 1.165) is 0 Å². The van der Waals surface area contributed by atoms with Crippen molar-refractivity contribution >= 4 is 16.9 Å². The average Bonchev–Trinajstić information content (AvgIpc) is 2.66. The molecule has 0 bridgehead atoms. The molecule has 0 saturated carbocycles. The summed E-state index contributed by atoms with van der Waals surface area (Å²) in [6.07, 6.45) is 1.57. The molecule has 0 aliphatic carbocycles. The predicted octanol–water partition coefficient (Wildman–Crippen LogP) is 2.80. The minimum absolute atomic E-state index is 0.119. The molecule has 1 aromatic carbocycles. The number of para-hydroxylation sites is 1. The zero-order chi connectivity index (χ0) is 12.4. The zero-order valence-corrected chi connectivity index (χ0v) is 9.42. The topological polar surface area (TPSA) is 42.2 Å². The van der Waals surface area contributed by atoms with Gasteiger partial charge in [-0.2, -0.15) is 0 Å². The fourth-order valence-electron chi connectivity index (χ4n) is 1.67. The summed E-state index contributed by atoms with van der Waals surface area (Å²) in [6.45, 7) is 5.58. The lowest BCUT2D eigenvalue weighted by atomic mass is 10.1. The van der Waals surface area contributed by atoms with Crippen molar-refractivity contribution < 1.29 is 13.6 Å². The highest BCUT2D eigenvalue weighted by Crippen LogP contribution is 2.26. The van der Waals surface area contributed by atoms with E-state index in [1.165, 1.54) is 6.07 Å². The molecule has 0 saturated heterocycles. The molecule has 1 amide bonds. The molecule has 1 heterocycles. The molecule has 2 aromatic rings. The third kappa shape index (κ3) is 1.93. The first-order valence-corrected chi connectivity index (χ1v) is 5.22. The van der Waals surface area contributed by atoms with E-state index < -0.39 is 5.82 Å². The van der Waals surface area contributed by atoms with Crippen LogP contribution in [-0.2, 0) is 0 Å². The van der Waals surface area contributed by atoms with Crippen LogP contribution in [0.4, 0.5) is 4.39 Å². The minimum Gasteiger partial charge on any atom is -0.448 e. The van der Waals surface area contributed by atoms with Crippen molar-refractivity contribution in [2.24, 2.45) is 0 Å². The van der Waals surface area contributed by atoms with Crippen molar-refractivity contribution in [3.05, 3.63) is 48.0 Å². The van der Waals surface area contributed by atoms with E-state index >= 15 is 0 Å². The monoisotopic (exact) mass is 233 g/mol. The quantitative estimate of drug-likeness (QED) is 0.828. The fraction of sp³-hybridized carbons (Fsp3) is 0.154. The van der Waals surface area contributed by atoms with Gasteiger partial charge < -0.3 is 9.73 Å². The second-order valence-corrected chi connectivity index (χ2v) is 3.67. The Balaban J connectivity index is 2.48. The van der Waals surface area contributed by atoms with Crippen molar-refractivity contribution in [2.75, 3.05) is 6.54 Å². The Morgan fingerprint density at radius 3 is 3.00 bits per heavy atom. The molecule has 4 heteroatoms. The number of rotatable bonds is 3. The zero-order valence-electron chi connectivity index (χ0n) is 9.42. The van der Waals surface area contributed by atoms with Crippen LogP contribution in [0, 0.1) is 12.7 Å². The summed E-state index contributed by atoms with van der Waals surface area (Å²) in [4.78, 5) is 11.7. The van der Waals surface area contributed by atoms with Crippen LogP contribution in [0.1, 0.15) is 16.1 Å². The first kappa shape index (κ1) is 11.4. The molecule has 0 aliphatic rings. The molecule has 0 unspecified atom stereocenters. The molecule has 1 N–H and O–H groups in total. The van der Waals surface area contributed by atoms with Gasteiger partial charge in [0.05, 0.1) is 0 Å². The summed E-state index contributed by atoms with van der Waals surface area (Å²) in [5, 5.41) is 3.22. The van der Waals surface area contributed by atoms with Crippen LogP contribution in [0.5, 0.6) is 0 Å². The van der Waals surface area contributed by atoms with E-state index in [9.17, 15) is 9.18 Å². The molecule has 2 rings (SSSR count). The molecule has 0 fully saturated rings. The number of carbonyl (C=O) groups excluding carboxylic acids is 1. The summed E-state index contributed by atoms with van der Waals surface area (Å²) >= 11 is 0. The van der Waals surface area contributed by atoms with Gasteiger partial charge in [-0.3, -0.25) is 4.79 Å². The van der Waals surface area contributed by atoms with E-state index in [0.29, 0.717) is 17.5 Å². The lowest BCUT2D eigenvalue weighted by molar-refractivity contribution is 0.0931. The number of furan rings is 1. The second-order valence-electron chi connectivity index (χ2n) is 3.67. The van der Waals surface area contributed by atoms with E-state index in [1.807, 2.05) is 0 Å². The van der Waals surface area contributed by atoms with Crippen LogP contribution in [0.2, 0.25) is 0 Å². The molecule has 3 nitrogen and oxygen atoms in total. The highest BCUT2D eigenvalue weighted by Gasteiger charge is 2.18. The van der Waals surface area contributed by atoms with Crippen LogP contribution in [0.25, 0.3) is 11.0 Å². The number of halogens is 1. The third-order valence-electron chi connectivity index (χ3n) is 2.53. The van der Waals surface area contributed by atoms with Crippen LogP contribution in [0.15, 0.2) is 35.3 Å². The summed E-state index contributed by atoms with van der Waals surface area (Å²) in [6, 6.07) is 4.61. The molecule has 0 spiro atoms. The standard InChI is InChI=1S/C13H12FNO2/c1-3-7-15-13(16)11-8(2)9-5-4-6-10(14)12(9)17-11/h3-6H,1,7H2,2H3,(H,15,16). The Hall–Kier alpha value is -2.10. The normalized spacial score (nSPS) is 10.5. The summed E-state index contributed by atoms with van der Waals surface area (Å²) in [5.74, 6) is -0.682. The third-order valence-corrected chi connectivity index (χ3v) is 2.53. The SMILES string of the molecule is C=CCNC(=O)c1oc2c(F)cccc2c1C. The van der Waals surface area contributed by atoms with Gasteiger partial charge in [0, 0.05) is 17.5 Å². The van der Waals surface area contributed by atoms with E-state index in [-0.39, 0.29) is 17.3 Å². The van der Waals surface area contributed by atoms with E-state index in [4.69, 9.17) is 4.42 Å². The van der Waals surface area contributed by atoms with Gasteiger partial charge in [0.1, 0.15) is 0 Å². The lowest BCUT2D eigenvalue weighted by Gasteiger charge is -1.98. The van der Waals surface area contributed by atoms with Crippen LogP contribution < -0.4 is 5.32 Å². The fourth-order valence-corrected chi connectivity index (χ4v) is 1.67. The van der Waals surface area contributed by atoms with Crippen molar-refractivity contribution in [1.29, 1.82) is 0 Å². The maximum atomic E-state index is 13.5. The number of carbonyl (C=O) groups is 1. The van der Waals surface area contributed by atoms with Crippen molar-refractivity contribution in [3.8, 4) is 0 Å². The number of hydrogen-bond acceptors (Lipinski definition) is 2. The van der Waals surface area contributed by atoms with Crippen molar-refractivity contribution in [1.82, 2.24) is 5.32 Å². The number of nitrogens with one attached hydrogen (secondary N) is 1. The second kappa shape index (κ2) is 4.41. The number of aryl methyl sites for hydroxylation is 1. The largest absolute Gasteiger partial charge is 0.448 e. The van der Waals surface area contributed by atoms with Crippen LogP contribution in [0.3, 0.4) is 0 Å². The highest BCUT2D eigenvalue weighted by atomic mass is 19.1. The van der Waals surface area contributed by atoms with Crippen LogP contribution in [-0.4, -0.2) is 12.5 Å². The number of benzene rings is 1. The summed E-state index contributed by atoms with van der Waals surface area (Å²) < 4.78 is 18.7. The molecule has 17 heavy (non-hydrogen) atoms. The van der Waals surface area contributed by atoms with E-state index in [2.05, 4.69) is 11.9 Å². The molecule has 88 valence electrons. The molecular weight excluding hydrogens is 221 g/mol. The number of fused-ring (bicyclic) bond motifs is 1. The Bertz CT molecular complexity index is 586. The Morgan fingerprint density at radius 2 is 2.35 bits per heavy atom. The lowest BCUT2D eigenvalue weighted by Crippen LogP contribution is -2.23. The highest BCUT2D eigenvalue weighted by molar-refractivity contribution is 5.99. The number of amides is 1. The first-order chi connectivity index (χ1) is 8.15. The molecule has 0 aliphatic heterocycles. The van der Waals surface area contributed by atoms with Gasteiger partial charge in [-0.1, -0.05) is 18.2 Å². The van der Waals surface area contributed by atoms with Crippen molar-refractivity contribution in [2.45, 2.75) is 6.92 Å². The first-order valence-electron chi connectivity index (χ1n) is 5.22. The van der Waals surface area contributed by atoms with Crippen LogP contribution >= 0.6 is 0 Å². The molecule has 1 aromatic heterocycles. The number of hydrogen-bond donors (Lipinski definition) is 1. The van der Waals surface area contributed by atoms with Gasteiger partial charge in [-0.15, -0.1) is 6.58 Å². The van der Waals surface area contributed by atoms with Gasteiger partial charge in [0.25, 0.3) is 5.91 Å². The Labute approximate surface area is 97.9 Å². The van der Waals surface area contributed by atoms with Gasteiger partial charge in [0.2, 0.25) is 0 Å². The van der Waals surface area contributed by atoms with Gasteiger partial charge >= 0.3 is 0 Å². The smallest absolute Gasteiger partial charge is 0.287 e. The molecule has 0 atom stereocenters. The molecule has 0 radical (unpaired) electrons. The predicted molar refractivity (Wildman–Crippen MR) is 63.4 cm³/mol. The summed E-state index contributed by atoms with van der Waals surface area (Å²) in [7, 11) is 0. The molecular formula is C13H12FNO2. The van der Waals surface area contributed by atoms with Gasteiger partial charge in [-0.25, -0.2) is 4.39 Å². The van der Waals surface area contributed by atoms with Crippen molar-refractivity contribution in [3.63, 3.8) is 0 Å².